The smallest absolute Gasteiger partial charge is 0.217 e. The molecule has 0 radical (unpaired) electrons. The zero-order valence-corrected chi connectivity index (χ0v) is 18.2. The van der Waals surface area contributed by atoms with E-state index in [-0.39, 0.29) is 18.1 Å². The van der Waals surface area contributed by atoms with E-state index in [9.17, 15) is 4.79 Å². The largest absolute Gasteiger partial charge is 0.493 e. The minimum atomic E-state index is -0.0216. The van der Waals surface area contributed by atoms with Gasteiger partial charge in [0.15, 0.2) is 0 Å². The van der Waals surface area contributed by atoms with Gasteiger partial charge >= 0.3 is 0 Å². The van der Waals surface area contributed by atoms with Gasteiger partial charge in [0.25, 0.3) is 0 Å². The maximum Gasteiger partial charge on any atom is 0.217 e. The number of hydrogen-bond acceptors (Lipinski definition) is 4. The van der Waals surface area contributed by atoms with E-state index in [1.54, 1.807) is 0 Å². The average Bonchev–Trinajstić information content (AvgIpc) is 3.44. The molecule has 1 saturated carbocycles. The lowest BCUT2D eigenvalue weighted by molar-refractivity contribution is -0.119. The van der Waals surface area contributed by atoms with Crippen molar-refractivity contribution >= 4 is 11.6 Å². The number of carbonyl (C=O) groups excluding carboxylic acids is 1. The van der Waals surface area contributed by atoms with Gasteiger partial charge < -0.3 is 19.7 Å². The molecule has 1 N–H and O–H groups in total. The van der Waals surface area contributed by atoms with Gasteiger partial charge in [-0.05, 0) is 74.1 Å². The summed E-state index contributed by atoms with van der Waals surface area (Å²) in [5.74, 6) is 2.60. The second-order valence-corrected chi connectivity index (χ2v) is 8.67. The standard InChI is InChI=1S/C25H32N2O3/c1-17-14-23(29-16-20-4-5-20)10-11-25(17)27-13-12-24(15-27)30-22-8-6-21(7-9-22)18(2)26-19(3)28/h6-11,14,18,20,24H,4-5,12-13,15-16H2,1-3H3,(H,26,28)/t18-,24?/m0/s1. The lowest BCUT2D eigenvalue weighted by Gasteiger charge is -2.22. The molecule has 1 unspecified atom stereocenters. The first kappa shape index (κ1) is 20.6. The SMILES string of the molecule is CC(=O)N[C@@H](C)c1ccc(OC2CCN(c3ccc(OCC4CC4)cc3C)C2)cc1. The van der Waals surface area contributed by atoms with Gasteiger partial charge in [-0.25, -0.2) is 0 Å². The molecule has 1 aliphatic carbocycles. The number of carbonyl (C=O) groups is 1. The van der Waals surface area contributed by atoms with E-state index in [2.05, 4.69) is 35.3 Å². The van der Waals surface area contributed by atoms with Crippen LogP contribution >= 0.6 is 0 Å². The highest BCUT2D eigenvalue weighted by molar-refractivity contribution is 5.73. The molecule has 2 aromatic carbocycles. The number of aryl methyl sites for hydroxylation is 1. The number of benzene rings is 2. The van der Waals surface area contributed by atoms with Crippen molar-refractivity contribution in [3.8, 4) is 11.5 Å². The number of anilines is 1. The number of ether oxygens (including phenoxy) is 2. The van der Waals surface area contributed by atoms with Gasteiger partial charge in [-0.15, -0.1) is 0 Å². The molecule has 160 valence electrons. The molecule has 2 aliphatic rings. The Morgan fingerprint density at radius 3 is 2.53 bits per heavy atom. The zero-order valence-electron chi connectivity index (χ0n) is 18.2. The average molecular weight is 409 g/mol. The van der Waals surface area contributed by atoms with Crippen LogP contribution in [0.2, 0.25) is 0 Å². The van der Waals surface area contributed by atoms with Gasteiger partial charge in [0.1, 0.15) is 17.6 Å². The molecule has 2 aromatic rings. The van der Waals surface area contributed by atoms with Crippen molar-refractivity contribution in [3.63, 3.8) is 0 Å². The summed E-state index contributed by atoms with van der Waals surface area (Å²) in [6.07, 6.45) is 3.80. The summed E-state index contributed by atoms with van der Waals surface area (Å²) < 4.78 is 12.1. The summed E-state index contributed by atoms with van der Waals surface area (Å²) in [5, 5.41) is 2.91. The minimum Gasteiger partial charge on any atom is -0.493 e. The third kappa shape index (κ3) is 5.26. The maximum absolute atomic E-state index is 11.2. The summed E-state index contributed by atoms with van der Waals surface area (Å²) in [6.45, 7) is 8.40. The fraction of sp³-hybridized carbons (Fsp3) is 0.480. The summed E-state index contributed by atoms with van der Waals surface area (Å²) in [7, 11) is 0. The van der Waals surface area contributed by atoms with Crippen molar-refractivity contribution < 1.29 is 14.3 Å². The van der Waals surface area contributed by atoms with Crippen molar-refractivity contribution in [1.82, 2.24) is 5.32 Å². The molecular formula is C25H32N2O3. The second-order valence-electron chi connectivity index (χ2n) is 8.67. The van der Waals surface area contributed by atoms with Crippen LogP contribution in [0.3, 0.4) is 0 Å². The summed E-state index contributed by atoms with van der Waals surface area (Å²) in [5.41, 5.74) is 3.59. The Morgan fingerprint density at radius 2 is 1.87 bits per heavy atom. The van der Waals surface area contributed by atoms with Crippen LogP contribution in [0.1, 0.15) is 50.3 Å². The maximum atomic E-state index is 11.2. The van der Waals surface area contributed by atoms with Crippen LogP contribution in [0.4, 0.5) is 5.69 Å². The normalized spacial score (nSPS) is 19.4. The molecule has 1 saturated heterocycles. The van der Waals surface area contributed by atoms with Crippen molar-refractivity contribution in [2.24, 2.45) is 5.92 Å². The first-order valence-corrected chi connectivity index (χ1v) is 11.0. The molecule has 2 atom stereocenters. The third-order valence-corrected chi connectivity index (χ3v) is 5.94. The van der Waals surface area contributed by atoms with Gasteiger partial charge in [0.2, 0.25) is 5.91 Å². The quantitative estimate of drug-likeness (QED) is 0.691. The van der Waals surface area contributed by atoms with Crippen LogP contribution in [0.15, 0.2) is 42.5 Å². The molecule has 4 rings (SSSR count). The Hall–Kier alpha value is -2.69. The van der Waals surface area contributed by atoms with Crippen molar-refractivity contribution in [3.05, 3.63) is 53.6 Å². The molecule has 5 heteroatoms. The summed E-state index contributed by atoms with van der Waals surface area (Å²) >= 11 is 0. The van der Waals surface area contributed by atoms with Crippen molar-refractivity contribution in [1.29, 1.82) is 0 Å². The van der Waals surface area contributed by atoms with E-state index < -0.39 is 0 Å². The minimum absolute atomic E-state index is 0.00211. The summed E-state index contributed by atoms with van der Waals surface area (Å²) in [4.78, 5) is 13.6. The Labute approximate surface area is 179 Å². The van der Waals surface area contributed by atoms with Crippen LogP contribution in [0.5, 0.6) is 11.5 Å². The van der Waals surface area contributed by atoms with E-state index in [0.29, 0.717) is 0 Å². The van der Waals surface area contributed by atoms with Crippen LogP contribution in [-0.4, -0.2) is 31.7 Å². The predicted octanol–water partition coefficient (Wildman–Crippen LogP) is 4.64. The first-order valence-electron chi connectivity index (χ1n) is 11.0. The van der Waals surface area contributed by atoms with E-state index in [1.165, 1.54) is 31.0 Å². The fourth-order valence-electron chi connectivity index (χ4n) is 4.03. The lowest BCUT2D eigenvalue weighted by atomic mass is 10.1. The fourth-order valence-corrected chi connectivity index (χ4v) is 4.03. The number of nitrogens with one attached hydrogen (secondary N) is 1. The molecule has 5 nitrogen and oxygen atoms in total. The van der Waals surface area contributed by atoms with Crippen LogP contribution in [0, 0.1) is 12.8 Å². The second kappa shape index (κ2) is 8.99. The highest BCUT2D eigenvalue weighted by atomic mass is 16.5. The Bertz CT molecular complexity index is 876. The Morgan fingerprint density at radius 1 is 1.13 bits per heavy atom. The highest BCUT2D eigenvalue weighted by Crippen LogP contribution is 2.32. The van der Waals surface area contributed by atoms with E-state index in [4.69, 9.17) is 9.47 Å². The number of rotatable bonds is 8. The zero-order chi connectivity index (χ0) is 21.1. The van der Waals surface area contributed by atoms with Crippen LogP contribution in [0.25, 0.3) is 0 Å². The topological polar surface area (TPSA) is 50.8 Å². The predicted molar refractivity (Wildman–Crippen MR) is 119 cm³/mol. The van der Waals surface area contributed by atoms with Crippen molar-refractivity contribution in [2.75, 3.05) is 24.6 Å². The summed E-state index contributed by atoms with van der Waals surface area (Å²) in [6, 6.07) is 14.5. The first-order chi connectivity index (χ1) is 14.5. The van der Waals surface area contributed by atoms with E-state index in [0.717, 1.165) is 49.1 Å². The molecule has 0 bridgehead atoms. The molecular weight excluding hydrogens is 376 g/mol. The van der Waals surface area contributed by atoms with Gasteiger partial charge in [-0.3, -0.25) is 4.79 Å². The van der Waals surface area contributed by atoms with E-state index in [1.807, 2.05) is 31.2 Å². The molecule has 30 heavy (non-hydrogen) atoms. The van der Waals surface area contributed by atoms with Gasteiger partial charge in [-0.2, -0.15) is 0 Å². The monoisotopic (exact) mass is 408 g/mol. The van der Waals surface area contributed by atoms with Crippen molar-refractivity contribution in [2.45, 2.75) is 52.2 Å². The molecule has 0 spiro atoms. The van der Waals surface area contributed by atoms with E-state index >= 15 is 0 Å². The van der Waals surface area contributed by atoms with Gasteiger partial charge in [0, 0.05) is 25.6 Å². The Kier molecular flexibility index (Phi) is 6.16. The number of nitrogens with zero attached hydrogens (tertiary/aromatic N) is 1. The van der Waals surface area contributed by atoms with Gasteiger partial charge in [-0.1, -0.05) is 12.1 Å². The van der Waals surface area contributed by atoms with Crippen LogP contribution < -0.4 is 19.7 Å². The lowest BCUT2D eigenvalue weighted by Crippen LogP contribution is -2.25. The Balaban J connectivity index is 1.31. The molecule has 1 aliphatic heterocycles. The van der Waals surface area contributed by atoms with Crippen LogP contribution in [-0.2, 0) is 4.79 Å². The van der Waals surface area contributed by atoms with Gasteiger partial charge in [0.05, 0.1) is 19.2 Å². The highest BCUT2D eigenvalue weighted by Gasteiger charge is 2.26. The molecule has 2 fully saturated rings. The third-order valence-electron chi connectivity index (χ3n) is 5.94. The number of hydrogen-bond donors (Lipinski definition) is 1. The molecule has 1 amide bonds. The molecule has 1 heterocycles. The number of amides is 1. The molecule has 0 aromatic heterocycles.